The van der Waals surface area contributed by atoms with Crippen molar-refractivity contribution < 1.29 is 23.0 Å². The summed E-state index contributed by atoms with van der Waals surface area (Å²) in [4.78, 5) is 5.81. The fourth-order valence-corrected chi connectivity index (χ4v) is 5.38. The van der Waals surface area contributed by atoms with Crippen LogP contribution in [0.1, 0.15) is 37.7 Å². The summed E-state index contributed by atoms with van der Waals surface area (Å²) >= 11 is 3.45. The van der Waals surface area contributed by atoms with Gasteiger partial charge in [-0.2, -0.15) is 13.2 Å². The molecule has 2 aliphatic heterocycles. The number of nitrogens with zero attached hydrogens (tertiary/aromatic N) is 2. The van der Waals surface area contributed by atoms with Gasteiger partial charge in [-0.25, -0.2) is 0 Å². The molecule has 2 N–H and O–H groups in total. The van der Waals surface area contributed by atoms with Crippen LogP contribution in [0.25, 0.3) is 0 Å². The Balaban J connectivity index is 1.82. The Hall–Kier alpha value is -1.48. The molecule has 1 aromatic carbocycles. The lowest BCUT2D eigenvalue weighted by Crippen LogP contribution is -2.59. The molecule has 0 aromatic heterocycles. The number of fused-ring (bicyclic) bond motifs is 2. The summed E-state index contributed by atoms with van der Waals surface area (Å²) in [6.07, 6.45) is -4.03. The first-order valence-electron chi connectivity index (χ1n) is 9.32. The van der Waals surface area contributed by atoms with E-state index in [0.717, 1.165) is 10.0 Å². The van der Waals surface area contributed by atoms with Crippen LogP contribution < -0.4 is 10.1 Å². The maximum Gasteiger partial charge on any atom is 0.391 e. The number of guanidine groups is 1. The van der Waals surface area contributed by atoms with Crippen LogP contribution in [0.15, 0.2) is 27.7 Å². The number of likely N-dealkylation sites (N-methyl/N-ethyl adjacent to an activating group) is 1. The predicted molar refractivity (Wildman–Crippen MR) is 102 cm³/mol. The highest BCUT2D eigenvalue weighted by molar-refractivity contribution is 9.10. The number of halogens is 4. The second-order valence-electron chi connectivity index (χ2n) is 8.07. The van der Waals surface area contributed by atoms with Crippen molar-refractivity contribution in [1.29, 1.82) is 0 Å². The van der Waals surface area contributed by atoms with Crippen molar-refractivity contribution >= 4 is 21.9 Å². The van der Waals surface area contributed by atoms with E-state index in [2.05, 4.69) is 26.2 Å². The summed E-state index contributed by atoms with van der Waals surface area (Å²) in [5.41, 5.74) is -1.26. The molecule has 1 aliphatic carbocycles. The molecule has 4 atom stereocenters. The Labute approximate surface area is 170 Å². The second kappa shape index (κ2) is 6.52. The third kappa shape index (κ3) is 2.98. The van der Waals surface area contributed by atoms with Crippen molar-refractivity contribution in [2.24, 2.45) is 10.9 Å². The minimum Gasteiger partial charge on any atom is -0.487 e. The van der Waals surface area contributed by atoms with Crippen LogP contribution in [0.3, 0.4) is 0 Å². The number of hydrogen-bond donors (Lipinski definition) is 2. The largest absolute Gasteiger partial charge is 0.487 e. The molecular weight excluding hydrogens is 439 g/mol. The third-order valence-electron chi connectivity index (χ3n) is 6.30. The van der Waals surface area contributed by atoms with E-state index in [9.17, 15) is 18.3 Å². The molecule has 1 saturated carbocycles. The summed E-state index contributed by atoms with van der Waals surface area (Å²) in [6, 6.07) is 5.42. The number of nitrogens with one attached hydrogen (secondary N) is 1. The van der Waals surface area contributed by atoms with Crippen molar-refractivity contribution in [1.82, 2.24) is 10.2 Å². The number of alkyl halides is 3. The van der Waals surface area contributed by atoms with E-state index in [1.165, 1.54) is 0 Å². The van der Waals surface area contributed by atoms with Gasteiger partial charge in [-0.1, -0.05) is 15.9 Å². The number of aliphatic hydroxyl groups is 1. The molecule has 28 heavy (non-hydrogen) atoms. The maximum absolute atomic E-state index is 13.5. The molecule has 2 heterocycles. The third-order valence-corrected chi connectivity index (χ3v) is 6.80. The van der Waals surface area contributed by atoms with Crippen LogP contribution in [0.2, 0.25) is 0 Å². The van der Waals surface area contributed by atoms with Crippen LogP contribution >= 0.6 is 15.9 Å². The van der Waals surface area contributed by atoms with Crippen molar-refractivity contribution in [2.45, 2.75) is 55.6 Å². The number of rotatable bonds is 0. The Morgan fingerprint density at radius 3 is 2.79 bits per heavy atom. The van der Waals surface area contributed by atoms with E-state index in [-0.39, 0.29) is 19.3 Å². The lowest BCUT2D eigenvalue weighted by Gasteiger charge is -2.51. The van der Waals surface area contributed by atoms with Gasteiger partial charge in [0.1, 0.15) is 16.9 Å². The van der Waals surface area contributed by atoms with Gasteiger partial charge < -0.3 is 20.1 Å². The highest BCUT2D eigenvalue weighted by Crippen LogP contribution is 2.55. The Morgan fingerprint density at radius 2 is 2.14 bits per heavy atom. The molecule has 4 unspecified atom stereocenters. The lowest BCUT2D eigenvalue weighted by molar-refractivity contribution is -0.203. The Kier molecular flexibility index (Phi) is 4.61. The summed E-state index contributed by atoms with van der Waals surface area (Å²) in [5.74, 6) is -0.390. The average Bonchev–Trinajstić information content (AvgIpc) is 2.87. The summed E-state index contributed by atoms with van der Waals surface area (Å²) in [7, 11) is 3.33. The van der Waals surface area contributed by atoms with Gasteiger partial charge in [-0.3, -0.25) is 4.99 Å². The van der Waals surface area contributed by atoms with Gasteiger partial charge in [0, 0.05) is 30.6 Å². The van der Waals surface area contributed by atoms with E-state index >= 15 is 0 Å². The smallest absolute Gasteiger partial charge is 0.391 e. The van der Waals surface area contributed by atoms with Crippen molar-refractivity contribution in [2.75, 3.05) is 14.1 Å². The molecule has 0 amide bonds. The molecular formula is C19H23BrF3N3O2. The molecule has 4 rings (SSSR count). The van der Waals surface area contributed by atoms with Crippen molar-refractivity contribution in [3.63, 3.8) is 0 Å². The molecule has 2 fully saturated rings. The SMILES string of the molecule is CN=C1NC2(CC3(CCCC(C(F)(F)F)C3)Oc3ccc(Br)cc32)C(O)N1C. The summed E-state index contributed by atoms with van der Waals surface area (Å²) < 4.78 is 47.5. The van der Waals surface area contributed by atoms with Crippen LogP contribution in [0, 0.1) is 5.92 Å². The minimum absolute atomic E-state index is 0.107. The van der Waals surface area contributed by atoms with Gasteiger partial charge in [0.15, 0.2) is 12.2 Å². The first-order valence-corrected chi connectivity index (χ1v) is 10.1. The van der Waals surface area contributed by atoms with Crippen LogP contribution in [-0.2, 0) is 5.54 Å². The normalized spacial score (nSPS) is 36.5. The van der Waals surface area contributed by atoms with Gasteiger partial charge in [0.25, 0.3) is 0 Å². The fourth-order valence-electron chi connectivity index (χ4n) is 5.02. The van der Waals surface area contributed by atoms with Gasteiger partial charge in [-0.05, 0) is 43.9 Å². The van der Waals surface area contributed by atoms with Crippen LogP contribution in [0.5, 0.6) is 5.75 Å². The number of ether oxygens (including phenoxy) is 1. The number of hydrogen-bond acceptors (Lipinski definition) is 3. The predicted octanol–water partition coefficient (Wildman–Crippen LogP) is 3.76. The molecule has 5 nitrogen and oxygen atoms in total. The van der Waals surface area contributed by atoms with Crippen LogP contribution in [-0.4, -0.2) is 48.1 Å². The molecule has 154 valence electrons. The Morgan fingerprint density at radius 1 is 1.39 bits per heavy atom. The maximum atomic E-state index is 13.5. The number of aliphatic imine (C=N–C) groups is 1. The van der Waals surface area contributed by atoms with Crippen molar-refractivity contribution in [3.05, 3.63) is 28.2 Å². The molecule has 1 aromatic rings. The average molecular weight is 462 g/mol. The van der Waals surface area contributed by atoms with E-state index in [1.54, 1.807) is 31.1 Å². The second-order valence-corrected chi connectivity index (χ2v) is 8.98. The van der Waals surface area contributed by atoms with E-state index in [1.807, 2.05) is 6.07 Å². The molecule has 1 saturated heterocycles. The van der Waals surface area contributed by atoms with E-state index < -0.39 is 29.5 Å². The highest BCUT2D eigenvalue weighted by atomic mass is 79.9. The summed E-state index contributed by atoms with van der Waals surface area (Å²) in [6.45, 7) is 0. The molecule has 0 radical (unpaired) electrons. The molecule has 2 spiro atoms. The zero-order valence-electron chi connectivity index (χ0n) is 15.7. The van der Waals surface area contributed by atoms with Gasteiger partial charge in [0.05, 0.1) is 5.92 Å². The number of aliphatic hydroxyl groups excluding tert-OH is 1. The standard InChI is InChI=1S/C19H23BrF3N3O2/c1-24-16-25-18(15(27)26(16)2)10-17(7-3-4-11(9-17)19(21,22)23)28-14-6-5-12(20)8-13(14)18/h5-6,8,11,15,27H,3-4,7,9-10H2,1-2H3,(H,24,25). The first-order chi connectivity index (χ1) is 13.1. The van der Waals surface area contributed by atoms with E-state index in [0.29, 0.717) is 24.6 Å². The van der Waals surface area contributed by atoms with E-state index in [4.69, 9.17) is 4.74 Å². The molecule has 3 aliphatic rings. The number of benzene rings is 1. The zero-order chi connectivity index (χ0) is 20.3. The lowest BCUT2D eigenvalue weighted by atomic mass is 9.67. The summed E-state index contributed by atoms with van der Waals surface area (Å²) in [5, 5.41) is 14.4. The molecule has 9 heteroatoms. The van der Waals surface area contributed by atoms with Gasteiger partial charge in [0.2, 0.25) is 0 Å². The first kappa shape index (κ1) is 19.8. The zero-order valence-corrected chi connectivity index (χ0v) is 17.3. The van der Waals surface area contributed by atoms with Gasteiger partial charge >= 0.3 is 6.18 Å². The topological polar surface area (TPSA) is 57.1 Å². The minimum atomic E-state index is -4.25. The highest BCUT2D eigenvalue weighted by Gasteiger charge is 2.60. The van der Waals surface area contributed by atoms with Gasteiger partial charge in [-0.15, -0.1) is 0 Å². The van der Waals surface area contributed by atoms with Crippen LogP contribution in [0.4, 0.5) is 13.2 Å². The fraction of sp³-hybridized carbons (Fsp3) is 0.632. The molecule has 0 bridgehead atoms. The van der Waals surface area contributed by atoms with Crippen molar-refractivity contribution in [3.8, 4) is 5.75 Å². The monoisotopic (exact) mass is 461 g/mol. The quantitative estimate of drug-likeness (QED) is 0.617. The Bertz CT molecular complexity index is 818.